The highest BCUT2D eigenvalue weighted by Gasteiger charge is 2.16. The van der Waals surface area contributed by atoms with E-state index in [0.29, 0.717) is 31.6 Å². The second-order valence-electron chi connectivity index (χ2n) is 3.99. The number of nitro benzene ring substituents is 1. The van der Waals surface area contributed by atoms with Crippen LogP contribution >= 0.6 is 0 Å². The molecule has 0 aliphatic rings. The van der Waals surface area contributed by atoms with E-state index in [1.807, 2.05) is 0 Å². The maximum absolute atomic E-state index is 10.9. The van der Waals surface area contributed by atoms with Crippen LogP contribution in [0.5, 0.6) is 11.5 Å². The van der Waals surface area contributed by atoms with E-state index in [-0.39, 0.29) is 17.3 Å². The molecule has 0 radical (unpaired) electrons. The van der Waals surface area contributed by atoms with Gasteiger partial charge in [-0.1, -0.05) is 5.16 Å². The fourth-order valence-corrected chi connectivity index (χ4v) is 1.53. The normalized spacial score (nSPS) is 11.2. The molecule has 0 aliphatic heterocycles. The van der Waals surface area contributed by atoms with Gasteiger partial charge in [-0.05, 0) is 25.0 Å². The predicted octanol–water partition coefficient (Wildman–Crippen LogP) is 1.90. The van der Waals surface area contributed by atoms with Gasteiger partial charge < -0.3 is 20.4 Å². The molecule has 110 valence electrons. The molecule has 1 rings (SSSR count). The zero-order valence-electron chi connectivity index (χ0n) is 11.1. The molecule has 20 heavy (non-hydrogen) atoms. The van der Waals surface area contributed by atoms with Gasteiger partial charge in [-0.15, -0.1) is 0 Å². The van der Waals surface area contributed by atoms with Crippen LogP contribution < -0.4 is 15.2 Å². The van der Waals surface area contributed by atoms with Crippen LogP contribution in [0.15, 0.2) is 23.4 Å². The van der Waals surface area contributed by atoms with Crippen LogP contribution in [0.3, 0.4) is 0 Å². The molecular formula is C12H17N3O5. The van der Waals surface area contributed by atoms with Crippen molar-refractivity contribution >= 4 is 11.5 Å². The van der Waals surface area contributed by atoms with Crippen LogP contribution in [0, 0.1) is 10.1 Å². The Balaban J connectivity index is 2.53. The molecule has 0 heterocycles. The number of benzene rings is 1. The summed E-state index contributed by atoms with van der Waals surface area (Å²) < 4.78 is 10.3. The highest BCUT2D eigenvalue weighted by molar-refractivity contribution is 5.79. The second-order valence-corrected chi connectivity index (χ2v) is 3.99. The largest absolute Gasteiger partial charge is 0.496 e. The third kappa shape index (κ3) is 4.63. The smallest absolute Gasteiger partial charge is 0.314 e. The second kappa shape index (κ2) is 7.82. The summed E-state index contributed by atoms with van der Waals surface area (Å²) in [6.45, 7) is 0.311. The first-order chi connectivity index (χ1) is 9.58. The Kier molecular flexibility index (Phi) is 6.08. The molecule has 0 saturated heterocycles. The van der Waals surface area contributed by atoms with Gasteiger partial charge in [0.25, 0.3) is 0 Å². The summed E-state index contributed by atoms with van der Waals surface area (Å²) >= 11 is 0. The average molecular weight is 283 g/mol. The summed E-state index contributed by atoms with van der Waals surface area (Å²) in [5, 5.41) is 22.1. The molecule has 0 bridgehead atoms. The fraction of sp³-hybridized carbons (Fsp3) is 0.417. The van der Waals surface area contributed by atoms with Crippen molar-refractivity contribution in [1.29, 1.82) is 0 Å². The molecule has 0 fully saturated rings. The Labute approximate surface area is 115 Å². The maximum atomic E-state index is 10.9. The topological polar surface area (TPSA) is 120 Å². The minimum atomic E-state index is -0.520. The third-order valence-electron chi connectivity index (χ3n) is 2.58. The molecule has 8 heteroatoms. The fourth-order valence-electron chi connectivity index (χ4n) is 1.53. The monoisotopic (exact) mass is 283 g/mol. The maximum Gasteiger partial charge on any atom is 0.314 e. The quantitative estimate of drug-likeness (QED) is 0.188. The molecule has 1 aromatic carbocycles. The van der Waals surface area contributed by atoms with Crippen molar-refractivity contribution in [3.63, 3.8) is 0 Å². The van der Waals surface area contributed by atoms with Gasteiger partial charge in [-0.2, -0.15) is 0 Å². The van der Waals surface area contributed by atoms with Gasteiger partial charge in [0, 0.05) is 6.42 Å². The van der Waals surface area contributed by atoms with Crippen molar-refractivity contribution in [2.45, 2.75) is 19.3 Å². The van der Waals surface area contributed by atoms with Crippen molar-refractivity contribution in [2.75, 3.05) is 13.7 Å². The Morgan fingerprint density at radius 2 is 2.25 bits per heavy atom. The standard InChI is InChI=1S/C12H17N3O5/c1-19-9-5-6-11(10(8-9)15(17)18)20-7-3-2-4-12(13)14-16/h5-6,8,16H,2-4,7H2,1H3,(H2,13,14). The van der Waals surface area contributed by atoms with Crippen molar-refractivity contribution in [1.82, 2.24) is 0 Å². The zero-order valence-corrected chi connectivity index (χ0v) is 11.1. The molecule has 0 aliphatic carbocycles. The number of unbranched alkanes of at least 4 members (excludes halogenated alkanes) is 1. The molecule has 0 unspecified atom stereocenters. The molecule has 1 aromatic rings. The van der Waals surface area contributed by atoms with Crippen LogP contribution in [-0.2, 0) is 0 Å². The summed E-state index contributed by atoms with van der Waals surface area (Å²) in [6.07, 6.45) is 1.75. The first kappa shape index (κ1) is 15.5. The first-order valence-corrected chi connectivity index (χ1v) is 6.00. The minimum absolute atomic E-state index is 0.138. The number of hydrogen-bond donors (Lipinski definition) is 2. The number of nitrogens with zero attached hydrogens (tertiary/aromatic N) is 2. The van der Waals surface area contributed by atoms with E-state index in [0.717, 1.165) is 0 Å². The Bertz CT molecular complexity index is 490. The number of methoxy groups -OCH3 is 1. The number of oxime groups is 1. The van der Waals surface area contributed by atoms with Gasteiger partial charge in [0.15, 0.2) is 5.75 Å². The molecular weight excluding hydrogens is 266 g/mol. The Morgan fingerprint density at radius 1 is 1.50 bits per heavy atom. The van der Waals surface area contributed by atoms with Gasteiger partial charge in [0.05, 0.1) is 24.7 Å². The molecule has 0 amide bonds. The predicted molar refractivity (Wildman–Crippen MR) is 72.4 cm³/mol. The van der Waals surface area contributed by atoms with Crippen molar-refractivity contribution < 1.29 is 19.6 Å². The Morgan fingerprint density at radius 3 is 2.85 bits per heavy atom. The molecule has 0 spiro atoms. The van der Waals surface area contributed by atoms with Crippen LogP contribution in [0.4, 0.5) is 5.69 Å². The summed E-state index contributed by atoms with van der Waals surface area (Å²) in [5.41, 5.74) is 5.18. The van der Waals surface area contributed by atoms with Crippen LogP contribution in [0.2, 0.25) is 0 Å². The average Bonchev–Trinajstić information content (AvgIpc) is 2.46. The lowest BCUT2D eigenvalue weighted by molar-refractivity contribution is -0.385. The van der Waals surface area contributed by atoms with E-state index in [9.17, 15) is 10.1 Å². The summed E-state index contributed by atoms with van der Waals surface area (Å²) in [7, 11) is 1.44. The Hall–Kier alpha value is -2.51. The van der Waals surface area contributed by atoms with Crippen molar-refractivity contribution in [3.8, 4) is 11.5 Å². The summed E-state index contributed by atoms with van der Waals surface area (Å²) in [5.74, 6) is 0.746. The number of rotatable bonds is 8. The third-order valence-corrected chi connectivity index (χ3v) is 2.58. The van der Waals surface area contributed by atoms with Crippen LogP contribution in [0.1, 0.15) is 19.3 Å². The lowest BCUT2D eigenvalue weighted by Crippen LogP contribution is -2.11. The lowest BCUT2D eigenvalue weighted by atomic mass is 10.2. The van der Waals surface area contributed by atoms with E-state index >= 15 is 0 Å². The van der Waals surface area contributed by atoms with Gasteiger partial charge in [0.2, 0.25) is 0 Å². The molecule has 8 nitrogen and oxygen atoms in total. The van der Waals surface area contributed by atoms with E-state index < -0.39 is 4.92 Å². The SMILES string of the molecule is COc1ccc(OCCCCC(N)=NO)c([N+](=O)[O-])c1. The summed E-state index contributed by atoms with van der Waals surface area (Å²) in [6, 6.07) is 4.41. The van der Waals surface area contributed by atoms with Crippen molar-refractivity contribution in [2.24, 2.45) is 10.9 Å². The number of hydrogen-bond acceptors (Lipinski definition) is 6. The highest BCUT2D eigenvalue weighted by Crippen LogP contribution is 2.31. The van der Waals surface area contributed by atoms with Gasteiger partial charge >= 0.3 is 5.69 Å². The van der Waals surface area contributed by atoms with Crippen molar-refractivity contribution in [3.05, 3.63) is 28.3 Å². The molecule has 3 N–H and O–H groups in total. The van der Waals surface area contributed by atoms with Gasteiger partial charge in [0.1, 0.15) is 11.6 Å². The zero-order chi connectivity index (χ0) is 15.0. The molecule has 0 atom stereocenters. The minimum Gasteiger partial charge on any atom is -0.496 e. The molecule has 0 saturated carbocycles. The van der Waals surface area contributed by atoms with E-state index in [4.69, 9.17) is 20.4 Å². The number of ether oxygens (including phenoxy) is 2. The lowest BCUT2D eigenvalue weighted by Gasteiger charge is -2.07. The first-order valence-electron chi connectivity index (χ1n) is 6.00. The van der Waals surface area contributed by atoms with Gasteiger partial charge in [-0.3, -0.25) is 10.1 Å². The van der Waals surface area contributed by atoms with E-state index in [1.54, 1.807) is 6.07 Å². The van der Waals surface area contributed by atoms with Gasteiger partial charge in [-0.25, -0.2) is 0 Å². The molecule has 0 aromatic heterocycles. The summed E-state index contributed by atoms with van der Waals surface area (Å²) in [4.78, 5) is 10.4. The number of nitro groups is 1. The highest BCUT2D eigenvalue weighted by atomic mass is 16.6. The van der Waals surface area contributed by atoms with Crippen LogP contribution in [-0.4, -0.2) is 29.7 Å². The number of nitrogens with two attached hydrogens (primary N) is 1. The van der Waals surface area contributed by atoms with E-state index in [1.165, 1.54) is 19.2 Å². The van der Waals surface area contributed by atoms with E-state index in [2.05, 4.69) is 5.16 Å². The van der Waals surface area contributed by atoms with Crippen LogP contribution in [0.25, 0.3) is 0 Å². The number of amidine groups is 1.